The van der Waals surface area contributed by atoms with Crippen molar-refractivity contribution in [3.05, 3.63) is 60.2 Å². The van der Waals surface area contributed by atoms with Crippen LogP contribution in [0.25, 0.3) is 0 Å². The number of benzene rings is 1. The normalized spacial score (nSPS) is 8.00. The molecule has 102 valence electrons. The summed E-state index contributed by atoms with van der Waals surface area (Å²) in [6.45, 7) is 0. The van der Waals surface area contributed by atoms with Crippen LogP contribution >= 0.6 is 0 Å². The van der Waals surface area contributed by atoms with E-state index in [-0.39, 0.29) is 46.2 Å². The first-order valence-corrected chi connectivity index (χ1v) is 4.88. The van der Waals surface area contributed by atoms with Crippen LogP contribution in [0.3, 0.4) is 0 Å². The van der Waals surface area contributed by atoms with Crippen molar-refractivity contribution in [1.29, 1.82) is 0 Å². The standard InChI is InChI=1S/C8H6O4.C4H4N2.Na.H2O.H/c9-7(10)5-2-1-3-6(4-5)8(11)12;1-2-6-4-3-5-1;;;/h1-4H,(H,9,10)(H,11,12);1-4H;;1H2;. The summed E-state index contributed by atoms with van der Waals surface area (Å²) in [6, 6.07) is 5.20. The summed E-state index contributed by atoms with van der Waals surface area (Å²) < 4.78 is 0. The maximum Gasteiger partial charge on any atom is 0.0451 e. The summed E-state index contributed by atoms with van der Waals surface area (Å²) in [5, 5.41) is 17.0. The van der Waals surface area contributed by atoms with Crippen LogP contribution in [0.15, 0.2) is 49.1 Å². The van der Waals surface area contributed by atoms with Gasteiger partial charge in [0.2, 0.25) is 0 Å². The second-order valence-corrected chi connectivity index (χ2v) is 3.09. The van der Waals surface area contributed by atoms with Crippen LogP contribution < -0.4 is 0 Å². The first kappa shape index (κ1) is 20.5. The van der Waals surface area contributed by atoms with Gasteiger partial charge in [0.1, 0.15) is 0 Å². The minimum absolute atomic E-state index is 0. The van der Waals surface area contributed by atoms with Gasteiger partial charge in [-0.05, 0) is 18.2 Å². The minimum Gasteiger partial charge on any atom is -0.262 e. The van der Waals surface area contributed by atoms with E-state index in [2.05, 4.69) is 9.97 Å². The molecule has 0 aliphatic carbocycles. The van der Waals surface area contributed by atoms with Gasteiger partial charge in [0.25, 0.3) is 0 Å². The third kappa shape index (κ3) is 7.59. The molecule has 0 radical (unpaired) electrons. The summed E-state index contributed by atoms with van der Waals surface area (Å²) in [4.78, 5) is 28.2. The quantitative estimate of drug-likeness (QED) is 0.752. The molecule has 0 aliphatic heterocycles. The van der Waals surface area contributed by atoms with E-state index in [1.165, 1.54) is 18.2 Å². The Morgan fingerprint density at radius 3 is 1.45 bits per heavy atom. The monoisotopic (exact) mass is 288 g/mol. The summed E-state index contributed by atoms with van der Waals surface area (Å²) in [7, 11) is 0. The largest absolute Gasteiger partial charge is 0.262 e. The molecule has 4 N–H and O–H groups in total. The van der Waals surface area contributed by atoms with Gasteiger partial charge in [-0.2, -0.15) is 0 Å². The van der Waals surface area contributed by atoms with Crippen LogP contribution in [0.4, 0.5) is 0 Å². The number of hydrogen-bond acceptors (Lipinski definition) is 4. The molecule has 0 fully saturated rings. The molecular formula is C12H13N2NaO5. The van der Waals surface area contributed by atoms with Gasteiger partial charge in [-0.15, -0.1) is 0 Å². The molecule has 8 heteroatoms. The number of nitrogens with zero attached hydrogens (tertiary/aromatic N) is 2. The Kier molecular flexibility index (Phi) is 11.3. The number of aromatic carboxylic acids is 2. The molecule has 20 heavy (non-hydrogen) atoms. The summed E-state index contributed by atoms with van der Waals surface area (Å²) >= 11 is 0. The van der Waals surface area contributed by atoms with Crippen molar-refractivity contribution in [2.45, 2.75) is 0 Å². The fourth-order valence-corrected chi connectivity index (χ4v) is 1.04. The van der Waals surface area contributed by atoms with E-state index >= 15 is 0 Å². The van der Waals surface area contributed by atoms with Crippen molar-refractivity contribution < 1.29 is 25.3 Å². The SMILES string of the molecule is O.O=C(O)c1cccc(C(=O)O)c1.[NaH].c1cnccn1. The van der Waals surface area contributed by atoms with E-state index < -0.39 is 11.9 Å². The third-order valence-corrected chi connectivity index (χ3v) is 1.83. The van der Waals surface area contributed by atoms with E-state index in [0.717, 1.165) is 6.07 Å². The van der Waals surface area contributed by atoms with Crippen molar-refractivity contribution in [3.8, 4) is 0 Å². The zero-order valence-electron chi connectivity index (χ0n) is 9.72. The van der Waals surface area contributed by atoms with Gasteiger partial charge < -0.3 is 15.7 Å². The zero-order chi connectivity index (χ0) is 13.4. The Bertz CT molecular complexity index is 480. The van der Waals surface area contributed by atoms with E-state index in [0.29, 0.717) is 0 Å². The van der Waals surface area contributed by atoms with Crippen LogP contribution in [0.1, 0.15) is 20.7 Å². The van der Waals surface area contributed by atoms with Crippen LogP contribution in [0.2, 0.25) is 0 Å². The minimum atomic E-state index is -1.13. The van der Waals surface area contributed by atoms with Crippen molar-refractivity contribution in [1.82, 2.24) is 9.97 Å². The number of rotatable bonds is 2. The molecule has 0 unspecified atom stereocenters. The van der Waals surface area contributed by atoms with Crippen molar-refractivity contribution in [2.24, 2.45) is 0 Å². The maximum atomic E-state index is 10.4. The molecule has 0 bridgehead atoms. The molecule has 1 heterocycles. The smallest absolute Gasteiger partial charge is 0.0451 e. The fraction of sp³-hybridized carbons (Fsp3) is 0. The van der Waals surface area contributed by atoms with Crippen LogP contribution in [0.5, 0.6) is 0 Å². The van der Waals surface area contributed by atoms with Crippen molar-refractivity contribution >= 4 is 41.5 Å². The molecule has 2 aromatic rings. The van der Waals surface area contributed by atoms with Gasteiger partial charge in [-0.3, -0.25) is 9.97 Å². The number of hydrogen-bond donors (Lipinski definition) is 2. The molecule has 0 aliphatic rings. The average molecular weight is 288 g/mol. The van der Waals surface area contributed by atoms with Gasteiger partial charge in [-0.1, -0.05) is 6.07 Å². The summed E-state index contributed by atoms with van der Waals surface area (Å²) in [6.07, 6.45) is 6.56. The van der Waals surface area contributed by atoms with Crippen LogP contribution in [-0.4, -0.2) is 67.2 Å². The molecule has 0 amide bonds. The summed E-state index contributed by atoms with van der Waals surface area (Å²) in [5.41, 5.74) is -0.0372. The zero-order valence-corrected chi connectivity index (χ0v) is 9.72. The van der Waals surface area contributed by atoms with E-state index in [1.807, 2.05) is 0 Å². The van der Waals surface area contributed by atoms with Gasteiger partial charge in [0.15, 0.2) is 0 Å². The second-order valence-electron chi connectivity index (χ2n) is 3.09. The Labute approximate surface area is 136 Å². The van der Waals surface area contributed by atoms with E-state index in [1.54, 1.807) is 24.8 Å². The third-order valence-electron chi connectivity index (χ3n) is 1.83. The number of carboxylic acids is 2. The van der Waals surface area contributed by atoms with E-state index in [9.17, 15) is 9.59 Å². The Hall–Kier alpha value is -1.80. The van der Waals surface area contributed by atoms with E-state index in [4.69, 9.17) is 10.2 Å². The first-order valence-electron chi connectivity index (χ1n) is 4.88. The van der Waals surface area contributed by atoms with Crippen LogP contribution in [-0.2, 0) is 0 Å². The predicted octanol–water partition coefficient (Wildman–Crippen LogP) is 0.0864. The molecule has 0 spiro atoms. The fourth-order valence-electron chi connectivity index (χ4n) is 1.04. The topological polar surface area (TPSA) is 132 Å². The summed E-state index contributed by atoms with van der Waals surface area (Å²) in [5.74, 6) is -2.25. The molecule has 2 rings (SSSR count). The second kappa shape index (κ2) is 11.1. The average Bonchev–Trinajstić information content (AvgIpc) is 2.41. The molecule has 0 atom stereocenters. The number of carboxylic acid groups (broad SMARTS) is 2. The molecular weight excluding hydrogens is 275 g/mol. The molecule has 1 aromatic heterocycles. The Balaban J connectivity index is 0. The maximum absolute atomic E-state index is 10.4. The van der Waals surface area contributed by atoms with Gasteiger partial charge in [0.05, 0.1) is 11.1 Å². The molecule has 1 aromatic carbocycles. The Morgan fingerprint density at radius 1 is 0.850 bits per heavy atom. The Morgan fingerprint density at radius 2 is 1.20 bits per heavy atom. The van der Waals surface area contributed by atoms with Gasteiger partial charge >= 0.3 is 41.5 Å². The molecule has 7 nitrogen and oxygen atoms in total. The molecule has 0 saturated carbocycles. The van der Waals surface area contributed by atoms with Crippen molar-refractivity contribution in [2.75, 3.05) is 0 Å². The number of carbonyl (C=O) groups is 2. The predicted molar refractivity (Wildman–Crippen MR) is 73.2 cm³/mol. The molecule has 0 saturated heterocycles. The van der Waals surface area contributed by atoms with Gasteiger partial charge in [-0.25, -0.2) is 9.59 Å². The van der Waals surface area contributed by atoms with Crippen molar-refractivity contribution in [3.63, 3.8) is 0 Å². The van der Waals surface area contributed by atoms with Crippen LogP contribution in [0, 0.1) is 0 Å². The first-order chi connectivity index (χ1) is 8.61. The number of aromatic nitrogens is 2. The van der Waals surface area contributed by atoms with Gasteiger partial charge in [0, 0.05) is 24.8 Å².